The van der Waals surface area contributed by atoms with Crippen molar-refractivity contribution in [2.45, 2.75) is 81.9 Å². The summed E-state index contributed by atoms with van der Waals surface area (Å²) in [4.78, 5) is 50.5. The number of nitrogens with zero attached hydrogens (tertiary/aromatic N) is 6. The first kappa shape index (κ1) is 40.4. The molecule has 2 aromatic heterocycles. The number of piperidine rings is 1. The molecule has 3 aliphatic rings. The Morgan fingerprint density at radius 1 is 1.04 bits per heavy atom. The lowest BCUT2D eigenvalue weighted by molar-refractivity contribution is -0.127. The number of likely N-dealkylation sites (N-methyl/N-ethyl adjacent to an activating group) is 1. The highest BCUT2D eigenvalue weighted by Crippen LogP contribution is 2.46. The van der Waals surface area contributed by atoms with Gasteiger partial charge in [-0.25, -0.2) is 14.6 Å². The lowest BCUT2D eigenvalue weighted by Gasteiger charge is -2.32. The molecule has 302 valence electrons. The van der Waals surface area contributed by atoms with E-state index in [4.69, 9.17) is 15.6 Å². The van der Waals surface area contributed by atoms with Crippen LogP contribution in [-0.4, -0.2) is 97.9 Å². The van der Waals surface area contributed by atoms with E-state index in [2.05, 4.69) is 39.0 Å². The number of hydrogen-bond acceptors (Lipinski definition) is 10. The molecule has 1 saturated carbocycles. The Kier molecular flexibility index (Phi) is 13.9. The molecule has 0 bridgehead atoms. The quantitative estimate of drug-likeness (QED) is 0.0840. The summed E-state index contributed by atoms with van der Waals surface area (Å²) in [6.45, 7) is 3.46. The highest BCUT2D eigenvalue weighted by Gasteiger charge is 2.39. The first-order chi connectivity index (χ1) is 27.8. The van der Waals surface area contributed by atoms with E-state index in [1.165, 1.54) is 6.33 Å². The molecule has 12 nitrogen and oxygen atoms in total. The second-order valence-corrected chi connectivity index (χ2v) is 17.1. The molecule has 57 heavy (non-hydrogen) atoms. The van der Waals surface area contributed by atoms with Crippen molar-refractivity contribution in [1.29, 1.82) is 0 Å². The number of Topliss-reactive ketones (excluding diaryl/α,β-unsaturated/α-hetero) is 1. The second-order valence-electron chi connectivity index (χ2n) is 15.8. The number of likely N-dealkylation sites (tertiary alicyclic amines) is 1. The van der Waals surface area contributed by atoms with Gasteiger partial charge in [-0.2, -0.15) is 16.9 Å². The number of nitrogens with one attached hydrogen (secondary N) is 1. The molecular formula is C44H56N8O4S. The van der Waals surface area contributed by atoms with Gasteiger partial charge in [0.05, 0.1) is 11.4 Å². The highest BCUT2D eigenvalue weighted by molar-refractivity contribution is 8.00. The number of nitrogen functional groups attached to an aromatic ring is 1. The molecule has 1 aliphatic carbocycles. The Labute approximate surface area is 340 Å². The molecule has 4 heterocycles. The number of thioether (sulfide) groups is 1. The molecule has 4 atom stereocenters. The van der Waals surface area contributed by atoms with Gasteiger partial charge in [0.25, 0.3) is 0 Å². The van der Waals surface area contributed by atoms with Crippen molar-refractivity contribution in [2.24, 2.45) is 11.8 Å². The van der Waals surface area contributed by atoms with Crippen molar-refractivity contribution in [3.05, 3.63) is 73.1 Å². The van der Waals surface area contributed by atoms with Crippen LogP contribution < -0.4 is 15.8 Å². The number of para-hydroxylation sites is 1. The van der Waals surface area contributed by atoms with Crippen molar-refractivity contribution < 1.29 is 19.1 Å². The van der Waals surface area contributed by atoms with Gasteiger partial charge in [-0.05, 0) is 113 Å². The van der Waals surface area contributed by atoms with Crippen molar-refractivity contribution in [2.75, 3.05) is 51.3 Å². The summed E-state index contributed by atoms with van der Waals surface area (Å²) in [6, 6.07) is 17.3. The Hall–Kier alpha value is -4.75. The number of rotatable bonds is 17. The Bertz CT molecular complexity index is 2000. The summed E-state index contributed by atoms with van der Waals surface area (Å²) >= 11 is 2.05. The molecule has 7 rings (SSSR count). The van der Waals surface area contributed by atoms with Gasteiger partial charge in [-0.1, -0.05) is 30.7 Å². The lowest BCUT2D eigenvalue weighted by Crippen LogP contribution is -2.40. The highest BCUT2D eigenvalue weighted by atomic mass is 32.2. The maximum atomic E-state index is 13.3. The zero-order valence-electron chi connectivity index (χ0n) is 33.1. The molecule has 2 aliphatic heterocycles. The summed E-state index contributed by atoms with van der Waals surface area (Å²) in [7, 11) is 2.05. The normalized spacial score (nSPS) is 21.0. The van der Waals surface area contributed by atoms with Crippen LogP contribution >= 0.6 is 11.8 Å². The van der Waals surface area contributed by atoms with Crippen LogP contribution in [0.25, 0.3) is 22.3 Å². The van der Waals surface area contributed by atoms with E-state index < -0.39 is 0 Å². The molecule has 2 aromatic carbocycles. The monoisotopic (exact) mass is 792 g/mol. The minimum Gasteiger partial charge on any atom is -0.457 e. The van der Waals surface area contributed by atoms with Gasteiger partial charge in [0.1, 0.15) is 35.1 Å². The summed E-state index contributed by atoms with van der Waals surface area (Å²) in [5.74, 6) is 4.86. The average molecular weight is 793 g/mol. The van der Waals surface area contributed by atoms with E-state index in [1.54, 1.807) is 6.08 Å². The van der Waals surface area contributed by atoms with Crippen LogP contribution in [0.3, 0.4) is 0 Å². The standard InChI is InChI=1S/C44H56N8O4S/c1-50(24-8-7-23-46-39(54)15-6-5-14-38-37-22-19-34(53)27-32(37)29-57-38)25-10-16-40(55)51-26-9-11-33(28-51)52-44-41(43(45)47-30-48-44)42(49-52)31-17-20-36(21-18-31)56-35-12-3-2-4-13-35/h2-4,10,12-13,16-18,20-21,30,32-33,37-38H,5-9,11,14-15,19,22-29H2,1H3,(H,46,54)(H2,45,47,48)/b16-10+/t32-,33+,37-,38?/m0/s1. The van der Waals surface area contributed by atoms with Crippen LogP contribution in [0.5, 0.6) is 11.5 Å². The van der Waals surface area contributed by atoms with Crippen LogP contribution in [0.2, 0.25) is 0 Å². The number of ether oxygens (including phenoxy) is 1. The molecule has 4 aromatic rings. The number of nitrogens with two attached hydrogens (primary N) is 1. The van der Waals surface area contributed by atoms with E-state index in [1.807, 2.05) is 70.3 Å². The number of carbonyl (C=O) groups excluding carboxylic acids is 3. The molecule has 13 heteroatoms. The van der Waals surface area contributed by atoms with Gasteiger partial charge >= 0.3 is 0 Å². The minimum atomic E-state index is -0.0556. The third kappa shape index (κ3) is 10.6. The van der Waals surface area contributed by atoms with Gasteiger partial charge < -0.3 is 25.6 Å². The van der Waals surface area contributed by atoms with Crippen LogP contribution in [0.4, 0.5) is 5.82 Å². The number of amides is 2. The van der Waals surface area contributed by atoms with E-state index in [-0.39, 0.29) is 17.9 Å². The average Bonchev–Trinajstić information content (AvgIpc) is 3.82. The number of benzene rings is 2. The topological polar surface area (TPSA) is 149 Å². The zero-order valence-corrected chi connectivity index (χ0v) is 33.9. The van der Waals surface area contributed by atoms with E-state index >= 15 is 0 Å². The first-order valence-electron chi connectivity index (χ1n) is 20.7. The summed E-state index contributed by atoms with van der Waals surface area (Å²) in [5.41, 5.74) is 8.64. The predicted molar refractivity (Wildman–Crippen MR) is 226 cm³/mol. The Morgan fingerprint density at radius 2 is 1.86 bits per heavy atom. The number of carbonyl (C=O) groups is 3. The maximum absolute atomic E-state index is 13.3. The molecule has 1 unspecified atom stereocenters. The van der Waals surface area contributed by atoms with Gasteiger partial charge in [0.15, 0.2) is 5.65 Å². The van der Waals surface area contributed by atoms with Gasteiger partial charge in [0.2, 0.25) is 11.8 Å². The van der Waals surface area contributed by atoms with E-state index in [0.29, 0.717) is 83.8 Å². The molecule has 2 amide bonds. The fourth-order valence-electron chi connectivity index (χ4n) is 8.55. The van der Waals surface area contributed by atoms with Crippen molar-refractivity contribution >= 4 is 46.2 Å². The smallest absolute Gasteiger partial charge is 0.246 e. The molecule has 0 radical (unpaired) electrons. The van der Waals surface area contributed by atoms with Gasteiger partial charge in [-0.3, -0.25) is 14.4 Å². The number of hydrogen-bond donors (Lipinski definition) is 2. The second kappa shape index (κ2) is 19.6. The Balaban J connectivity index is 0.818. The Morgan fingerprint density at radius 3 is 2.70 bits per heavy atom. The van der Waals surface area contributed by atoms with Gasteiger partial charge in [0, 0.05) is 62.3 Å². The van der Waals surface area contributed by atoms with Crippen molar-refractivity contribution in [3.63, 3.8) is 0 Å². The summed E-state index contributed by atoms with van der Waals surface area (Å²) in [5, 5.41) is 9.49. The van der Waals surface area contributed by atoms with Gasteiger partial charge in [-0.15, -0.1) is 0 Å². The van der Waals surface area contributed by atoms with Crippen LogP contribution in [0, 0.1) is 11.8 Å². The van der Waals surface area contributed by atoms with Crippen molar-refractivity contribution in [3.8, 4) is 22.8 Å². The van der Waals surface area contributed by atoms with Crippen molar-refractivity contribution in [1.82, 2.24) is 34.9 Å². The number of fused-ring (bicyclic) bond motifs is 2. The fourth-order valence-corrected chi connectivity index (χ4v) is 10.3. The molecular weight excluding hydrogens is 737 g/mol. The summed E-state index contributed by atoms with van der Waals surface area (Å²) < 4.78 is 7.90. The largest absolute Gasteiger partial charge is 0.457 e. The number of anilines is 1. The summed E-state index contributed by atoms with van der Waals surface area (Å²) in [6.07, 6.45) is 15.1. The molecule has 3 N–H and O–H groups in total. The van der Waals surface area contributed by atoms with E-state index in [9.17, 15) is 14.4 Å². The maximum Gasteiger partial charge on any atom is 0.246 e. The zero-order chi connectivity index (χ0) is 39.6. The third-order valence-electron chi connectivity index (χ3n) is 11.6. The number of aromatic nitrogens is 4. The number of ketones is 1. The first-order valence-corrected chi connectivity index (χ1v) is 21.7. The van der Waals surface area contributed by atoms with E-state index in [0.717, 1.165) is 87.8 Å². The van der Waals surface area contributed by atoms with Crippen LogP contribution in [-0.2, 0) is 14.4 Å². The van der Waals surface area contributed by atoms with Crippen LogP contribution in [0.15, 0.2) is 73.1 Å². The molecule has 3 fully saturated rings. The lowest BCUT2D eigenvalue weighted by atomic mass is 9.77. The SMILES string of the molecule is CN(C/C=C/C(=O)N1CCC[C@@H](n2nc(-c3ccc(Oc4ccccc4)cc3)c3c(N)ncnc32)C1)CCCCNC(=O)CCCCC1SC[C@@H]2CC(=O)CC[C@H]12. The third-order valence-corrected chi connectivity index (χ3v) is 13.3. The minimum absolute atomic E-state index is 0.00712. The fraction of sp³-hybridized carbons (Fsp3) is 0.500. The molecule has 2 saturated heterocycles. The van der Waals surface area contributed by atoms with Crippen LogP contribution in [0.1, 0.15) is 76.7 Å². The predicted octanol–water partition coefficient (Wildman–Crippen LogP) is 7.08. The molecule has 0 spiro atoms. The number of unbranched alkanes of at least 4 members (excludes halogenated alkanes) is 2.